The zero-order chi connectivity index (χ0) is 14.0. The minimum absolute atomic E-state index is 0.576. The van der Waals surface area contributed by atoms with E-state index in [-0.39, 0.29) is 0 Å². The quantitative estimate of drug-likeness (QED) is 0.839. The summed E-state index contributed by atoms with van der Waals surface area (Å²) < 4.78 is 5.95. The summed E-state index contributed by atoms with van der Waals surface area (Å²) in [6, 6.07) is 10.3. The third kappa shape index (κ3) is 2.90. The van der Waals surface area contributed by atoms with E-state index in [2.05, 4.69) is 32.0 Å². The highest BCUT2D eigenvalue weighted by Gasteiger charge is 2.07. The lowest BCUT2D eigenvalue weighted by atomic mass is 10.1. The normalized spacial score (nSPS) is 10.5. The second kappa shape index (κ2) is 5.35. The Morgan fingerprint density at radius 2 is 1.58 bits per heavy atom. The number of nitrogen functional groups attached to an aromatic ring is 1. The smallest absolute Gasteiger partial charge is 0.127 e. The molecule has 2 N–H and O–H groups in total. The lowest BCUT2D eigenvalue weighted by molar-refractivity contribution is 0.302. The summed E-state index contributed by atoms with van der Waals surface area (Å²) in [7, 11) is 0. The molecular formula is C17H21NO. The van der Waals surface area contributed by atoms with Crippen molar-refractivity contribution < 1.29 is 4.74 Å². The van der Waals surface area contributed by atoms with Crippen LogP contribution in [0.2, 0.25) is 0 Å². The van der Waals surface area contributed by atoms with Crippen LogP contribution in [0.1, 0.15) is 27.8 Å². The van der Waals surface area contributed by atoms with Crippen LogP contribution in [-0.2, 0) is 6.61 Å². The van der Waals surface area contributed by atoms with E-state index in [1.807, 2.05) is 26.0 Å². The van der Waals surface area contributed by atoms with E-state index in [1.165, 1.54) is 16.7 Å². The Morgan fingerprint density at radius 3 is 2.26 bits per heavy atom. The molecule has 0 aliphatic heterocycles. The maximum Gasteiger partial charge on any atom is 0.127 e. The standard InChI is InChI=1S/C17H21NO/c1-11-5-7-15(9-13(11)3)10-19-17-12(2)6-8-16(18)14(17)4/h5-9H,10,18H2,1-4H3. The molecule has 0 saturated carbocycles. The predicted molar refractivity (Wildman–Crippen MR) is 80.6 cm³/mol. The minimum atomic E-state index is 0.576. The maximum atomic E-state index is 5.95. The van der Waals surface area contributed by atoms with Gasteiger partial charge in [-0.15, -0.1) is 0 Å². The van der Waals surface area contributed by atoms with Gasteiger partial charge in [-0.05, 0) is 56.0 Å². The average molecular weight is 255 g/mol. The van der Waals surface area contributed by atoms with Crippen LogP contribution in [0, 0.1) is 27.7 Å². The molecule has 0 unspecified atom stereocenters. The van der Waals surface area contributed by atoms with Crippen molar-refractivity contribution in [2.45, 2.75) is 34.3 Å². The molecule has 0 aromatic heterocycles. The summed E-state index contributed by atoms with van der Waals surface area (Å²) in [6.45, 7) is 8.86. The number of benzene rings is 2. The van der Waals surface area contributed by atoms with Crippen LogP contribution in [0.4, 0.5) is 5.69 Å². The van der Waals surface area contributed by atoms with E-state index in [1.54, 1.807) is 0 Å². The number of aryl methyl sites for hydroxylation is 3. The third-order valence-corrected chi connectivity index (χ3v) is 3.60. The number of ether oxygens (including phenoxy) is 1. The molecular weight excluding hydrogens is 234 g/mol. The van der Waals surface area contributed by atoms with Gasteiger partial charge in [-0.3, -0.25) is 0 Å². The summed E-state index contributed by atoms with van der Waals surface area (Å²) >= 11 is 0. The third-order valence-electron chi connectivity index (χ3n) is 3.60. The molecule has 2 heteroatoms. The molecule has 0 atom stereocenters. The monoisotopic (exact) mass is 255 g/mol. The fraction of sp³-hybridized carbons (Fsp3) is 0.294. The van der Waals surface area contributed by atoms with Crippen molar-refractivity contribution in [2.24, 2.45) is 0 Å². The zero-order valence-electron chi connectivity index (χ0n) is 12.1. The van der Waals surface area contributed by atoms with Crippen molar-refractivity contribution in [3.05, 3.63) is 58.1 Å². The number of hydrogen-bond acceptors (Lipinski definition) is 2. The first-order chi connectivity index (χ1) is 8.99. The van der Waals surface area contributed by atoms with Gasteiger partial charge in [-0.1, -0.05) is 24.3 Å². The Morgan fingerprint density at radius 1 is 0.895 bits per heavy atom. The van der Waals surface area contributed by atoms with Gasteiger partial charge in [0.2, 0.25) is 0 Å². The zero-order valence-corrected chi connectivity index (χ0v) is 12.1. The predicted octanol–water partition coefficient (Wildman–Crippen LogP) is 4.08. The topological polar surface area (TPSA) is 35.2 Å². The largest absolute Gasteiger partial charge is 0.488 e. The first-order valence-corrected chi connectivity index (χ1v) is 6.53. The van der Waals surface area contributed by atoms with Crippen molar-refractivity contribution in [1.82, 2.24) is 0 Å². The van der Waals surface area contributed by atoms with E-state index < -0.39 is 0 Å². The van der Waals surface area contributed by atoms with Gasteiger partial charge in [-0.25, -0.2) is 0 Å². The van der Waals surface area contributed by atoms with Crippen molar-refractivity contribution in [3.63, 3.8) is 0 Å². The van der Waals surface area contributed by atoms with Gasteiger partial charge in [0.1, 0.15) is 12.4 Å². The highest BCUT2D eigenvalue weighted by atomic mass is 16.5. The lowest BCUT2D eigenvalue weighted by Crippen LogP contribution is -2.01. The molecule has 0 aliphatic carbocycles. The molecule has 0 aliphatic rings. The lowest BCUT2D eigenvalue weighted by Gasteiger charge is -2.14. The van der Waals surface area contributed by atoms with Gasteiger partial charge in [0.25, 0.3) is 0 Å². The molecule has 0 radical (unpaired) electrons. The number of anilines is 1. The minimum Gasteiger partial charge on any atom is -0.488 e. The Bertz CT molecular complexity index is 602. The fourth-order valence-corrected chi connectivity index (χ4v) is 2.11. The van der Waals surface area contributed by atoms with E-state index in [0.29, 0.717) is 6.61 Å². The van der Waals surface area contributed by atoms with Crippen molar-refractivity contribution in [2.75, 3.05) is 5.73 Å². The van der Waals surface area contributed by atoms with E-state index in [0.717, 1.165) is 22.6 Å². The van der Waals surface area contributed by atoms with Crippen molar-refractivity contribution >= 4 is 5.69 Å². The molecule has 19 heavy (non-hydrogen) atoms. The van der Waals surface area contributed by atoms with Gasteiger partial charge < -0.3 is 10.5 Å². The molecule has 0 amide bonds. The van der Waals surface area contributed by atoms with Crippen molar-refractivity contribution in [3.8, 4) is 5.75 Å². The molecule has 0 spiro atoms. The van der Waals surface area contributed by atoms with Gasteiger partial charge in [0.05, 0.1) is 0 Å². The summed E-state index contributed by atoms with van der Waals surface area (Å²) in [6.07, 6.45) is 0. The Labute approximate surface area is 115 Å². The van der Waals surface area contributed by atoms with E-state index in [4.69, 9.17) is 10.5 Å². The van der Waals surface area contributed by atoms with Crippen LogP contribution < -0.4 is 10.5 Å². The Kier molecular flexibility index (Phi) is 3.79. The molecule has 2 aromatic carbocycles. The summed E-state index contributed by atoms with van der Waals surface area (Å²) in [5.74, 6) is 0.901. The van der Waals surface area contributed by atoms with Crippen LogP contribution in [0.15, 0.2) is 30.3 Å². The number of rotatable bonds is 3. The highest BCUT2D eigenvalue weighted by Crippen LogP contribution is 2.28. The van der Waals surface area contributed by atoms with Crippen LogP contribution in [0.5, 0.6) is 5.75 Å². The van der Waals surface area contributed by atoms with Crippen LogP contribution >= 0.6 is 0 Å². The Balaban J connectivity index is 2.19. The van der Waals surface area contributed by atoms with Crippen molar-refractivity contribution in [1.29, 1.82) is 0 Å². The molecule has 2 nitrogen and oxygen atoms in total. The second-order valence-electron chi connectivity index (χ2n) is 5.13. The summed E-state index contributed by atoms with van der Waals surface area (Å²) in [4.78, 5) is 0. The fourth-order valence-electron chi connectivity index (χ4n) is 2.11. The molecule has 0 fully saturated rings. The van der Waals surface area contributed by atoms with Gasteiger partial charge in [0, 0.05) is 11.3 Å². The van der Waals surface area contributed by atoms with Gasteiger partial charge >= 0.3 is 0 Å². The van der Waals surface area contributed by atoms with Gasteiger partial charge in [-0.2, -0.15) is 0 Å². The number of nitrogens with two attached hydrogens (primary N) is 1. The molecule has 0 bridgehead atoms. The highest BCUT2D eigenvalue weighted by molar-refractivity contribution is 5.56. The number of hydrogen-bond donors (Lipinski definition) is 1. The second-order valence-corrected chi connectivity index (χ2v) is 5.13. The van der Waals surface area contributed by atoms with E-state index in [9.17, 15) is 0 Å². The molecule has 0 heterocycles. The summed E-state index contributed by atoms with van der Waals surface area (Å²) in [5, 5.41) is 0. The molecule has 0 saturated heterocycles. The first kappa shape index (κ1) is 13.5. The van der Waals surface area contributed by atoms with Crippen LogP contribution in [0.3, 0.4) is 0 Å². The first-order valence-electron chi connectivity index (χ1n) is 6.53. The molecule has 100 valence electrons. The van der Waals surface area contributed by atoms with Gasteiger partial charge in [0.15, 0.2) is 0 Å². The molecule has 2 rings (SSSR count). The SMILES string of the molecule is Cc1ccc(COc2c(C)ccc(N)c2C)cc1C. The Hall–Kier alpha value is -1.96. The maximum absolute atomic E-state index is 5.95. The van der Waals surface area contributed by atoms with E-state index >= 15 is 0 Å². The van der Waals surface area contributed by atoms with Crippen LogP contribution in [0.25, 0.3) is 0 Å². The van der Waals surface area contributed by atoms with Crippen LogP contribution in [-0.4, -0.2) is 0 Å². The molecule has 2 aromatic rings. The summed E-state index contributed by atoms with van der Waals surface area (Å²) in [5.41, 5.74) is 12.6. The average Bonchev–Trinajstić information content (AvgIpc) is 2.38.